The number of carbonyl (C=O) groups is 2. The summed E-state index contributed by atoms with van der Waals surface area (Å²) in [5.74, 6) is -0.334. The lowest BCUT2D eigenvalue weighted by Gasteiger charge is -2.17. The Hall–Kier alpha value is -2.66. The lowest BCUT2D eigenvalue weighted by Crippen LogP contribution is -2.29. The first-order chi connectivity index (χ1) is 11.6. The molecule has 2 rings (SSSR count). The van der Waals surface area contributed by atoms with E-state index < -0.39 is 0 Å². The molecule has 0 fully saturated rings. The molecule has 3 N–H and O–H groups in total. The molecule has 2 aromatic rings. The average Bonchev–Trinajstić information content (AvgIpc) is 2.58. The maximum absolute atomic E-state index is 12.3. The van der Waals surface area contributed by atoms with Crippen molar-refractivity contribution in [2.75, 3.05) is 18.5 Å². The van der Waals surface area contributed by atoms with Crippen molar-refractivity contribution in [2.45, 2.75) is 19.3 Å². The predicted molar refractivity (Wildman–Crippen MR) is 94.0 cm³/mol. The van der Waals surface area contributed by atoms with Gasteiger partial charge in [0.1, 0.15) is 0 Å². The van der Waals surface area contributed by atoms with Crippen LogP contribution in [0.5, 0.6) is 0 Å². The van der Waals surface area contributed by atoms with Gasteiger partial charge in [-0.05, 0) is 30.2 Å². The summed E-state index contributed by atoms with van der Waals surface area (Å²) in [6, 6.07) is 16.6. The van der Waals surface area contributed by atoms with Crippen molar-refractivity contribution >= 4 is 17.5 Å². The molecule has 5 nitrogen and oxygen atoms in total. The summed E-state index contributed by atoms with van der Waals surface area (Å²) in [4.78, 5) is 23.4. The van der Waals surface area contributed by atoms with Gasteiger partial charge < -0.3 is 15.7 Å². The molecule has 0 bridgehead atoms. The summed E-state index contributed by atoms with van der Waals surface area (Å²) in [6.45, 7) is 1.92. The normalized spacial score (nSPS) is 11.6. The van der Waals surface area contributed by atoms with E-state index in [2.05, 4.69) is 10.6 Å². The molecule has 0 saturated heterocycles. The van der Waals surface area contributed by atoms with Crippen LogP contribution in [0.2, 0.25) is 0 Å². The summed E-state index contributed by atoms with van der Waals surface area (Å²) in [5.41, 5.74) is 2.15. The van der Waals surface area contributed by atoms with E-state index in [1.54, 1.807) is 24.3 Å². The molecule has 2 amide bonds. The molecule has 0 aliphatic carbocycles. The molecule has 2 aromatic carbocycles. The average molecular weight is 326 g/mol. The Labute approximate surface area is 141 Å². The zero-order valence-corrected chi connectivity index (χ0v) is 13.7. The number of benzene rings is 2. The van der Waals surface area contributed by atoms with Gasteiger partial charge in [0.05, 0.1) is 0 Å². The lowest BCUT2D eigenvalue weighted by atomic mass is 9.96. The summed E-state index contributed by atoms with van der Waals surface area (Å²) >= 11 is 0. The van der Waals surface area contributed by atoms with Crippen LogP contribution in [0, 0.1) is 0 Å². The van der Waals surface area contributed by atoms with Gasteiger partial charge in [0.25, 0.3) is 5.91 Å². The highest BCUT2D eigenvalue weighted by molar-refractivity contribution is 5.96. The largest absolute Gasteiger partial charge is 0.396 e. The number of aliphatic hydroxyl groups is 1. The Morgan fingerprint density at radius 2 is 1.83 bits per heavy atom. The number of carbonyl (C=O) groups excluding carboxylic acids is 2. The number of hydrogen-bond donors (Lipinski definition) is 3. The van der Waals surface area contributed by atoms with Gasteiger partial charge in [-0.25, -0.2) is 0 Å². The van der Waals surface area contributed by atoms with Crippen molar-refractivity contribution in [3.8, 4) is 0 Å². The molecule has 24 heavy (non-hydrogen) atoms. The van der Waals surface area contributed by atoms with E-state index in [0.29, 0.717) is 24.2 Å². The maximum Gasteiger partial charge on any atom is 0.251 e. The van der Waals surface area contributed by atoms with Crippen LogP contribution in [-0.2, 0) is 4.79 Å². The van der Waals surface area contributed by atoms with Crippen molar-refractivity contribution in [3.63, 3.8) is 0 Å². The third kappa shape index (κ3) is 5.21. The van der Waals surface area contributed by atoms with Crippen molar-refractivity contribution in [3.05, 3.63) is 65.7 Å². The van der Waals surface area contributed by atoms with Gasteiger partial charge in [0.15, 0.2) is 0 Å². The van der Waals surface area contributed by atoms with Gasteiger partial charge in [-0.2, -0.15) is 0 Å². The second-order valence-electron chi connectivity index (χ2n) is 5.59. The van der Waals surface area contributed by atoms with Crippen LogP contribution in [-0.4, -0.2) is 30.1 Å². The first-order valence-electron chi connectivity index (χ1n) is 7.92. The maximum atomic E-state index is 12.3. The summed E-state index contributed by atoms with van der Waals surface area (Å²) in [5, 5.41) is 14.8. The molecule has 0 spiro atoms. The van der Waals surface area contributed by atoms with Crippen molar-refractivity contribution < 1.29 is 14.7 Å². The van der Waals surface area contributed by atoms with Crippen LogP contribution in [0.25, 0.3) is 0 Å². The minimum Gasteiger partial charge on any atom is -0.396 e. The number of nitrogens with one attached hydrogen (secondary N) is 2. The first-order valence-corrected chi connectivity index (χ1v) is 7.92. The zero-order valence-electron chi connectivity index (χ0n) is 13.7. The van der Waals surface area contributed by atoms with Gasteiger partial charge in [-0.1, -0.05) is 36.4 Å². The molecule has 126 valence electrons. The van der Waals surface area contributed by atoms with Gasteiger partial charge in [-0.3, -0.25) is 9.59 Å². The Morgan fingerprint density at radius 1 is 1.08 bits per heavy atom. The molecule has 1 unspecified atom stereocenters. The van der Waals surface area contributed by atoms with Crippen molar-refractivity contribution in [2.24, 2.45) is 0 Å². The molecular formula is C19H22N2O3. The van der Waals surface area contributed by atoms with Crippen LogP contribution in [0.4, 0.5) is 5.69 Å². The van der Waals surface area contributed by atoms with E-state index in [0.717, 1.165) is 5.56 Å². The summed E-state index contributed by atoms with van der Waals surface area (Å²) in [7, 11) is 0. The van der Waals surface area contributed by atoms with Gasteiger partial charge in [0, 0.05) is 37.2 Å². The van der Waals surface area contributed by atoms with E-state index >= 15 is 0 Å². The number of aliphatic hydroxyl groups excluding tert-OH is 1. The van der Waals surface area contributed by atoms with E-state index in [1.165, 1.54) is 6.92 Å². The Bertz CT molecular complexity index is 686. The number of hydrogen-bond acceptors (Lipinski definition) is 3. The van der Waals surface area contributed by atoms with Crippen LogP contribution in [0.3, 0.4) is 0 Å². The van der Waals surface area contributed by atoms with E-state index in [4.69, 9.17) is 0 Å². The minimum atomic E-state index is -0.207. The fourth-order valence-corrected chi connectivity index (χ4v) is 2.53. The standard InChI is InChI=1S/C19H22N2O3/c1-14(23)21-18-9-5-8-16(12-18)19(24)20-13-17(10-11-22)15-6-3-2-4-7-15/h2-9,12,17,22H,10-11,13H2,1H3,(H,20,24)(H,21,23). The smallest absolute Gasteiger partial charge is 0.251 e. The number of rotatable bonds is 7. The van der Waals surface area contributed by atoms with E-state index in [1.807, 2.05) is 30.3 Å². The highest BCUT2D eigenvalue weighted by Gasteiger charge is 2.13. The predicted octanol–water partition coefficient (Wildman–Crippen LogP) is 2.54. The fourth-order valence-electron chi connectivity index (χ4n) is 2.53. The van der Waals surface area contributed by atoms with E-state index in [-0.39, 0.29) is 24.3 Å². The molecule has 1 atom stereocenters. The van der Waals surface area contributed by atoms with Crippen LogP contribution in [0.1, 0.15) is 35.2 Å². The molecular weight excluding hydrogens is 304 g/mol. The number of amides is 2. The second-order valence-corrected chi connectivity index (χ2v) is 5.59. The quantitative estimate of drug-likeness (QED) is 0.731. The molecule has 0 aliphatic rings. The Kier molecular flexibility index (Phi) is 6.51. The summed E-state index contributed by atoms with van der Waals surface area (Å²) in [6.07, 6.45) is 0.580. The van der Waals surface area contributed by atoms with Crippen LogP contribution < -0.4 is 10.6 Å². The highest BCUT2D eigenvalue weighted by Crippen LogP contribution is 2.18. The van der Waals surface area contributed by atoms with Crippen molar-refractivity contribution in [1.29, 1.82) is 0 Å². The molecule has 0 aromatic heterocycles. The fraction of sp³-hybridized carbons (Fsp3) is 0.263. The molecule has 5 heteroatoms. The highest BCUT2D eigenvalue weighted by atomic mass is 16.3. The molecule has 0 saturated carbocycles. The monoisotopic (exact) mass is 326 g/mol. The van der Waals surface area contributed by atoms with Gasteiger partial charge in [-0.15, -0.1) is 0 Å². The van der Waals surface area contributed by atoms with Crippen LogP contribution in [0.15, 0.2) is 54.6 Å². The Morgan fingerprint density at radius 3 is 2.50 bits per heavy atom. The molecule has 0 aliphatic heterocycles. The van der Waals surface area contributed by atoms with Crippen molar-refractivity contribution in [1.82, 2.24) is 5.32 Å². The zero-order chi connectivity index (χ0) is 17.4. The third-order valence-corrected chi connectivity index (χ3v) is 3.70. The first kappa shape index (κ1) is 17.7. The van der Waals surface area contributed by atoms with Crippen LogP contribution >= 0.6 is 0 Å². The summed E-state index contributed by atoms with van der Waals surface area (Å²) < 4.78 is 0. The van der Waals surface area contributed by atoms with Gasteiger partial charge >= 0.3 is 0 Å². The minimum absolute atomic E-state index is 0.0543. The number of anilines is 1. The topological polar surface area (TPSA) is 78.4 Å². The van der Waals surface area contributed by atoms with Gasteiger partial charge in [0.2, 0.25) is 5.91 Å². The van der Waals surface area contributed by atoms with E-state index in [9.17, 15) is 14.7 Å². The SMILES string of the molecule is CC(=O)Nc1cccc(C(=O)NCC(CCO)c2ccccc2)c1. The molecule has 0 heterocycles. The molecule has 0 radical (unpaired) electrons. The lowest BCUT2D eigenvalue weighted by molar-refractivity contribution is -0.114. The Balaban J connectivity index is 2.02. The third-order valence-electron chi connectivity index (χ3n) is 3.70. The second kappa shape index (κ2) is 8.84.